The first-order valence-electron chi connectivity index (χ1n) is 5.67. The number of thiocarbonyl (C=S) groups is 1. The van der Waals surface area contributed by atoms with Crippen molar-refractivity contribution in [3.05, 3.63) is 27.5 Å². The third kappa shape index (κ3) is 2.97. The molecule has 1 atom stereocenters. The minimum absolute atomic E-state index is 0.211. The van der Waals surface area contributed by atoms with Gasteiger partial charge in [-0.1, -0.05) is 30.9 Å². The summed E-state index contributed by atoms with van der Waals surface area (Å²) in [5.41, 5.74) is 0. The van der Waals surface area contributed by atoms with Crippen LogP contribution in [0.3, 0.4) is 0 Å². The molecule has 2 rings (SSSR count). The standard InChI is InChI=1S/C12H10BrNO4S2/c1-2-7(11(16)17)14-10(15)8(20-12(14)19)5-6-3-4-9(13)18-6/h3-5,7H,2H2,1H3,(H,16,17)/p-1/b8-5+/t7-/m0/s1. The lowest BCUT2D eigenvalue weighted by atomic mass is 10.2. The predicted octanol–water partition coefficient (Wildman–Crippen LogP) is 1.77. The molecule has 20 heavy (non-hydrogen) atoms. The summed E-state index contributed by atoms with van der Waals surface area (Å²) in [6.07, 6.45) is 1.76. The average molecular weight is 375 g/mol. The molecule has 5 nitrogen and oxygen atoms in total. The molecule has 1 saturated heterocycles. The zero-order valence-corrected chi connectivity index (χ0v) is 13.5. The number of carboxylic acids is 1. The van der Waals surface area contributed by atoms with E-state index in [1.54, 1.807) is 19.1 Å². The summed E-state index contributed by atoms with van der Waals surface area (Å²) in [5.74, 6) is -1.27. The van der Waals surface area contributed by atoms with E-state index in [-0.39, 0.29) is 10.7 Å². The number of hydrogen-bond donors (Lipinski definition) is 0. The van der Waals surface area contributed by atoms with Gasteiger partial charge in [0.15, 0.2) is 4.67 Å². The molecule has 0 N–H and O–H groups in total. The number of halogens is 1. The number of rotatable bonds is 4. The van der Waals surface area contributed by atoms with Crippen LogP contribution in [0.25, 0.3) is 6.08 Å². The maximum absolute atomic E-state index is 12.2. The van der Waals surface area contributed by atoms with E-state index in [1.165, 1.54) is 6.08 Å². The normalized spacial score (nSPS) is 18.9. The van der Waals surface area contributed by atoms with Crippen molar-refractivity contribution in [2.45, 2.75) is 19.4 Å². The maximum atomic E-state index is 12.2. The quantitative estimate of drug-likeness (QED) is 0.590. The summed E-state index contributed by atoms with van der Waals surface area (Å²) in [6.45, 7) is 1.66. The second-order valence-electron chi connectivity index (χ2n) is 3.94. The number of carbonyl (C=O) groups is 2. The molecule has 0 radical (unpaired) electrons. The molecule has 106 valence electrons. The van der Waals surface area contributed by atoms with Gasteiger partial charge in [-0.3, -0.25) is 9.69 Å². The molecule has 1 amide bonds. The first-order chi connectivity index (χ1) is 9.43. The van der Waals surface area contributed by atoms with E-state index in [1.807, 2.05) is 0 Å². The second kappa shape index (κ2) is 6.11. The molecule has 0 spiro atoms. The first kappa shape index (κ1) is 15.3. The van der Waals surface area contributed by atoms with Crippen LogP contribution in [0.1, 0.15) is 19.1 Å². The summed E-state index contributed by atoms with van der Waals surface area (Å²) in [5, 5.41) is 11.1. The molecule has 1 aromatic rings. The van der Waals surface area contributed by atoms with Gasteiger partial charge in [-0.25, -0.2) is 0 Å². The predicted molar refractivity (Wildman–Crippen MR) is 80.5 cm³/mol. The molecule has 2 heterocycles. The Morgan fingerprint density at radius 3 is 2.85 bits per heavy atom. The number of nitrogens with zero attached hydrogens (tertiary/aromatic N) is 1. The number of furan rings is 1. The summed E-state index contributed by atoms with van der Waals surface area (Å²) in [7, 11) is 0. The Hall–Kier alpha value is -1.12. The fourth-order valence-electron chi connectivity index (χ4n) is 1.74. The molecule has 0 unspecified atom stereocenters. The molecule has 1 aliphatic heterocycles. The lowest BCUT2D eigenvalue weighted by Gasteiger charge is -2.26. The van der Waals surface area contributed by atoms with Gasteiger partial charge >= 0.3 is 0 Å². The Balaban J connectivity index is 2.29. The van der Waals surface area contributed by atoms with Gasteiger partial charge in [0.2, 0.25) is 0 Å². The van der Waals surface area contributed by atoms with E-state index in [9.17, 15) is 14.7 Å². The zero-order valence-electron chi connectivity index (χ0n) is 10.3. The Bertz CT molecular complexity index is 610. The number of amides is 1. The Morgan fingerprint density at radius 1 is 1.65 bits per heavy atom. The van der Waals surface area contributed by atoms with E-state index < -0.39 is 17.9 Å². The van der Waals surface area contributed by atoms with E-state index in [0.717, 1.165) is 16.7 Å². The summed E-state index contributed by atoms with van der Waals surface area (Å²) in [4.78, 5) is 24.7. The van der Waals surface area contributed by atoms with Crippen molar-refractivity contribution < 1.29 is 19.1 Å². The van der Waals surface area contributed by atoms with Crippen molar-refractivity contribution in [1.82, 2.24) is 4.90 Å². The van der Waals surface area contributed by atoms with Crippen LogP contribution in [0, 0.1) is 0 Å². The third-order valence-electron chi connectivity index (χ3n) is 2.66. The number of carbonyl (C=O) groups excluding carboxylic acids is 2. The Morgan fingerprint density at radius 2 is 2.35 bits per heavy atom. The third-order valence-corrected chi connectivity index (χ3v) is 4.42. The number of aliphatic carboxylic acids is 1. The monoisotopic (exact) mass is 374 g/mol. The van der Waals surface area contributed by atoms with E-state index in [2.05, 4.69) is 15.9 Å². The molecule has 8 heteroatoms. The lowest BCUT2D eigenvalue weighted by molar-refractivity contribution is -0.310. The fraction of sp³-hybridized carbons (Fsp3) is 0.250. The van der Waals surface area contributed by atoms with Crippen LogP contribution >= 0.6 is 39.9 Å². The van der Waals surface area contributed by atoms with Gasteiger partial charge in [0, 0.05) is 6.08 Å². The maximum Gasteiger partial charge on any atom is 0.266 e. The molecule has 0 bridgehead atoms. The van der Waals surface area contributed by atoms with Crippen molar-refractivity contribution in [2.24, 2.45) is 0 Å². The largest absolute Gasteiger partial charge is 0.548 e. The van der Waals surface area contributed by atoms with Crippen LogP contribution in [0.4, 0.5) is 0 Å². The van der Waals surface area contributed by atoms with Crippen LogP contribution in [0.2, 0.25) is 0 Å². The minimum Gasteiger partial charge on any atom is -0.548 e. The van der Waals surface area contributed by atoms with Gasteiger partial charge in [-0.2, -0.15) is 0 Å². The van der Waals surface area contributed by atoms with Crippen molar-refractivity contribution in [2.75, 3.05) is 0 Å². The molecule has 0 aliphatic carbocycles. The molecule has 1 aliphatic rings. The highest BCUT2D eigenvalue weighted by atomic mass is 79.9. The minimum atomic E-state index is -1.31. The van der Waals surface area contributed by atoms with Crippen LogP contribution in [-0.2, 0) is 9.59 Å². The van der Waals surface area contributed by atoms with Gasteiger partial charge in [0.25, 0.3) is 5.91 Å². The summed E-state index contributed by atoms with van der Waals surface area (Å²) < 4.78 is 6.04. The molecule has 1 aromatic heterocycles. The van der Waals surface area contributed by atoms with Crippen molar-refractivity contribution in [3.8, 4) is 0 Å². The topological polar surface area (TPSA) is 73.6 Å². The van der Waals surface area contributed by atoms with Crippen LogP contribution in [-0.4, -0.2) is 27.1 Å². The SMILES string of the molecule is CC[C@@H](C(=O)[O-])N1C(=O)/C(=C\c2ccc(Br)o2)SC1=S. The van der Waals surface area contributed by atoms with Crippen LogP contribution in [0.15, 0.2) is 26.1 Å². The average Bonchev–Trinajstić information content (AvgIpc) is 2.89. The first-order valence-corrected chi connectivity index (χ1v) is 7.69. The molecular formula is C12H9BrNO4S2-. The van der Waals surface area contributed by atoms with Crippen molar-refractivity contribution in [3.63, 3.8) is 0 Å². The molecule has 1 fully saturated rings. The van der Waals surface area contributed by atoms with Gasteiger partial charge in [0.1, 0.15) is 10.1 Å². The zero-order chi connectivity index (χ0) is 14.9. The van der Waals surface area contributed by atoms with Gasteiger partial charge in [-0.05, 0) is 34.5 Å². The van der Waals surface area contributed by atoms with E-state index in [0.29, 0.717) is 15.3 Å². The van der Waals surface area contributed by atoms with Gasteiger partial charge < -0.3 is 14.3 Å². The smallest absolute Gasteiger partial charge is 0.266 e. The highest BCUT2D eigenvalue weighted by Crippen LogP contribution is 2.34. The van der Waals surface area contributed by atoms with E-state index >= 15 is 0 Å². The summed E-state index contributed by atoms with van der Waals surface area (Å²) in [6, 6.07) is 2.34. The number of thioether (sulfide) groups is 1. The number of carboxylic acid groups (broad SMARTS) is 1. The summed E-state index contributed by atoms with van der Waals surface area (Å²) >= 11 is 9.29. The van der Waals surface area contributed by atoms with Crippen LogP contribution < -0.4 is 5.11 Å². The lowest BCUT2D eigenvalue weighted by Crippen LogP contribution is -2.49. The highest BCUT2D eigenvalue weighted by molar-refractivity contribution is 9.10. The molecule has 0 aromatic carbocycles. The fourth-order valence-corrected chi connectivity index (χ4v) is 3.39. The molecular weight excluding hydrogens is 366 g/mol. The Labute approximate surface area is 133 Å². The van der Waals surface area contributed by atoms with Gasteiger partial charge in [-0.15, -0.1) is 0 Å². The van der Waals surface area contributed by atoms with E-state index in [4.69, 9.17) is 16.6 Å². The Kier molecular flexibility index (Phi) is 4.66. The highest BCUT2D eigenvalue weighted by Gasteiger charge is 2.37. The van der Waals surface area contributed by atoms with Gasteiger partial charge in [0.05, 0.1) is 16.9 Å². The second-order valence-corrected chi connectivity index (χ2v) is 6.39. The van der Waals surface area contributed by atoms with Crippen molar-refractivity contribution in [1.29, 1.82) is 0 Å². The number of hydrogen-bond acceptors (Lipinski definition) is 6. The molecule has 0 saturated carbocycles. The van der Waals surface area contributed by atoms with Crippen molar-refractivity contribution >= 4 is 62.2 Å². The van der Waals surface area contributed by atoms with Crippen LogP contribution in [0.5, 0.6) is 0 Å².